The Hall–Kier alpha value is -1.40. The monoisotopic (exact) mass is 384 g/mol. The van der Waals surface area contributed by atoms with Crippen LogP contribution in [0.1, 0.15) is 15.9 Å². The highest BCUT2D eigenvalue weighted by atomic mass is 127. The second-order valence-electron chi connectivity index (χ2n) is 3.73. The van der Waals surface area contributed by atoms with Crippen molar-refractivity contribution < 1.29 is 4.79 Å². The van der Waals surface area contributed by atoms with Crippen LogP contribution >= 0.6 is 34.2 Å². The molecule has 1 amide bonds. The molecule has 96 valence electrons. The van der Waals surface area contributed by atoms with Crippen LogP contribution in [-0.2, 0) is 0 Å². The van der Waals surface area contributed by atoms with Crippen LogP contribution in [0, 0.1) is 3.57 Å². The van der Waals surface area contributed by atoms with E-state index in [1.165, 1.54) is 0 Å². The Kier molecular flexibility index (Phi) is 4.93. The Bertz CT molecular complexity index is 628. The molecule has 0 bridgehead atoms. The smallest absolute Gasteiger partial charge is 0.267 e. The molecule has 0 spiro atoms. The molecule has 0 radical (unpaired) electrons. The number of hydrogen-bond acceptors (Lipinski definition) is 2. The van der Waals surface area contributed by atoms with E-state index in [9.17, 15) is 4.79 Å². The minimum absolute atomic E-state index is 0.326. The first kappa shape index (κ1) is 14.0. The molecule has 0 heterocycles. The number of nitrogens with zero attached hydrogens (tertiary/aromatic N) is 1. The third-order valence-electron chi connectivity index (χ3n) is 2.35. The molecule has 2 aromatic carbocycles. The summed E-state index contributed by atoms with van der Waals surface area (Å²) in [5.74, 6) is -0.326. The number of carbonyl (C=O) groups excluding carboxylic acids is 1. The van der Waals surface area contributed by atoms with Crippen LogP contribution in [0.3, 0.4) is 0 Å². The molecule has 0 aliphatic rings. The lowest BCUT2D eigenvalue weighted by Gasteiger charge is -2.01. The van der Waals surface area contributed by atoms with Crippen LogP contribution in [0.5, 0.6) is 0 Å². The first-order chi connectivity index (χ1) is 9.16. The van der Waals surface area contributed by atoms with Crippen molar-refractivity contribution >= 4 is 46.3 Å². The van der Waals surface area contributed by atoms with Gasteiger partial charge in [-0.3, -0.25) is 4.79 Å². The SMILES string of the molecule is O=C(N/N=C\c1cccc(I)c1)c1ccccc1Cl. The summed E-state index contributed by atoms with van der Waals surface area (Å²) in [6, 6.07) is 14.6. The van der Waals surface area contributed by atoms with Gasteiger partial charge in [-0.05, 0) is 52.4 Å². The maximum atomic E-state index is 11.8. The Morgan fingerprint density at radius 1 is 1.21 bits per heavy atom. The Morgan fingerprint density at radius 3 is 2.74 bits per heavy atom. The molecule has 0 aromatic heterocycles. The molecule has 0 aliphatic carbocycles. The van der Waals surface area contributed by atoms with Crippen molar-refractivity contribution in [2.75, 3.05) is 0 Å². The van der Waals surface area contributed by atoms with Crippen molar-refractivity contribution in [2.24, 2.45) is 5.10 Å². The zero-order valence-electron chi connectivity index (χ0n) is 9.81. The lowest BCUT2D eigenvalue weighted by Crippen LogP contribution is -2.17. The van der Waals surface area contributed by atoms with E-state index in [-0.39, 0.29) is 5.91 Å². The highest BCUT2D eigenvalue weighted by molar-refractivity contribution is 14.1. The van der Waals surface area contributed by atoms with Crippen LogP contribution < -0.4 is 5.43 Å². The predicted molar refractivity (Wildman–Crippen MR) is 85.7 cm³/mol. The first-order valence-electron chi connectivity index (χ1n) is 5.50. The van der Waals surface area contributed by atoms with Gasteiger partial charge in [0, 0.05) is 3.57 Å². The van der Waals surface area contributed by atoms with Crippen molar-refractivity contribution in [1.29, 1.82) is 0 Å². The molecule has 3 nitrogen and oxygen atoms in total. The van der Waals surface area contributed by atoms with Crippen molar-refractivity contribution in [3.8, 4) is 0 Å². The number of benzene rings is 2. The summed E-state index contributed by atoms with van der Waals surface area (Å²) in [6.07, 6.45) is 1.59. The topological polar surface area (TPSA) is 41.5 Å². The average molecular weight is 385 g/mol. The average Bonchev–Trinajstić information content (AvgIpc) is 2.39. The lowest BCUT2D eigenvalue weighted by molar-refractivity contribution is 0.0955. The number of rotatable bonds is 3. The Morgan fingerprint density at radius 2 is 2.00 bits per heavy atom. The predicted octanol–water partition coefficient (Wildman–Crippen LogP) is 3.71. The van der Waals surface area contributed by atoms with Gasteiger partial charge in [-0.2, -0.15) is 5.10 Å². The van der Waals surface area contributed by atoms with Gasteiger partial charge in [0.1, 0.15) is 0 Å². The summed E-state index contributed by atoms with van der Waals surface area (Å²) in [4.78, 5) is 11.8. The first-order valence-corrected chi connectivity index (χ1v) is 6.96. The molecular weight excluding hydrogens is 375 g/mol. The van der Waals surface area contributed by atoms with E-state index in [4.69, 9.17) is 11.6 Å². The van der Waals surface area contributed by atoms with E-state index in [0.29, 0.717) is 10.6 Å². The number of hydrogen-bond donors (Lipinski definition) is 1. The third-order valence-corrected chi connectivity index (χ3v) is 3.35. The minimum atomic E-state index is -0.326. The zero-order valence-corrected chi connectivity index (χ0v) is 12.7. The Labute approximate surface area is 129 Å². The molecule has 0 aliphatic heterocycles. The highest BCUT2D eigenvalue weighted by Gasteiger charge is 2.07. The standard InChI is InChI=1S/C14H10ClIN2O/c15-13-7-2-1-6-12(13)14(19)18-17-9-10-4-3-5-11(16)8-10/h1-9H,(H,18,19)/b17-9-. The summed E-state index contributed by atoms with van der Waals surface area (Å²) in [5, 5.41) is 4.32. The van der Waals surface area contributed by atoms with Crippen molar-refractivity contribution in [3.63, 3.8) is 0 Å². The Balaban J connectivity index is 2.03. The molecule has 5 heteroatoms. The summed E-state index contributed by atoms with van der Waals surface area (Å²) in [7, 11) is 0. The van der Waals surface area contributed by atoms with Crippen molar-refractivity contribution in [2.45, 2.75) is 0 Å². The van der Waals surface area contributed by atoms with Gasteiger partial charge in [0.05, 0.1) is 16.8 Å². The van der Waals surface area contributed by atoms with Crippen LogP contribution in [0.2, 0.25) is 5.02 Å². The number of carbonyl (C=O) groups is 1. The van der Waals surface area contributed by atoms with Crippen LogP contribution in [0.4, 0.5) is 0 Å². The van der Waals surface area contributed by atoms with E-state index >= 15 is 0 Å². The molecule has 2 rings (SSSR count). The molecule has 0 fully saturated rings. The van der Waals surface area contributed by atoms with Crippen LogP contribution in [0.25, 0.3) is 0 Å². The van der Waals surface area contributed by atoms with Crippen LogP contribution in [0.15, 0.2) is 53.6 Å². The number of halogens is 2. The maximum Gasteiger partial charge on any atom is 0.272 e. The molecule has 0 atom stereocenters. The maximum absolute atomic E-state index is 11.8. The third kappa shape index (κ3) is 4.04. The van der Waals surface area contributed by atoms with Gasteiger partial charge in [-0.15, -0.1) is 0 Å². The second kappa shape index (κ2) is 6.68. The molecule has 19 heavy (non-hydrogen) atoms. The second-order valence-corrected chi connectivity index (χ2v) is 5.39. The van der Waals surface area contributed by atoms with E-state index in [2.05, 4.69) is 33.1 Å². The van der Waals surface area contributed by atoms with E-state index in [1.807, 2.05) is 24.3 Å². The largest absolute Gasteiger partial charge is 0.272 e. The normalized spacial score (nSPS) is 10.6. The van der Waals surface area contributed by atoms with Gasteiger partial charge in [-0.1, -0.05) is 35.9 Å². The van der Waals surface area contributed by atoms with E-state index < -0.39 is 0 Å². The van der Waals surface area contributed by atoms with Gasteiger partial charge in [-0.25, -0.2) is 5.43 Å². The summed E-state index contributed by atoms with van der Waals surface area (Å²) in [5.41, 5.74) is 3.78. The van der Waals surface area contributed by atoms with Gasteiger partial charge in [0.25, 0.3) is 5.91 Å². The van der Waals surface area contributed by atoms with Gasteiger partial charge in [0.2, 0.25) is 0 Å². The quantitative estimate of drug-likeness (QED) is 0.489. The summed E-state index contributed by atoms with van der Waals surface area (Å²) < 4.78 is 1.11. The summed E-state index contributed by atoms with van der Waals surface area (Å²) in [6.45, 7) is 0. The lowest BCUT2D eigenvalue weighted by atomic mass is 10.2. The number of amides is 1. The van der Waals surface area contributed by atoms with Gasteiger partial charge >= 0.3 is 0 Å². The van der Waals surface area contributed by atoms with E-state index in [0.717, 1.165) is 9.13 Å². The number of hydrazone groups is 1. The molecule has 0 saturated heterocycles. The summed E-state index contributed by atoms with van der Waals surface area (Å²) >= 11 is 8.14. The molecule has 1 N–H and O–H groups in total. The highest BCUT2D eigenvalue weighted by Crippen LogP contribution is 2.14. The number of nitrogens with one attached hydrogen (secondary N) is 1. The van der Waals surface area contributed by atoms with Crippen LogP contribution in [-0.4, -0.2) is 12.1 Å². The zero-order chi connectivity index (χ0) is 13.7. The molecule has 0 saturated carbocycles. The van der Waals surface area contributed by atoms with Gasteiger partial charge < -0.3 is 0 Å². The van der Waals surface area contributed by atoms with Gasteiger partial charge in [0.15, 0.2) is 0 Å². The fraction of sp³-hybridized carbons (Fsp3) is 0. The fourth-order valence-corrected chi connectivity index (χ4v) is 2.25. The molecule has 0 unspecified atom stereocenters. The molecular formula is C14H10ClIN2O. The van der Waals surface area contributed by atoms with Crippen molar-refractivity contribution in [1.82, 2.24) is 5.43 Å². The van der Waals surface area contributed by atoms with Crippen molar-refractivity contribution in [3.05, 3.63) is 68.3 Å². The fourth-order valence-electron chi connectivity index (χ4n) is 1.46. The molecule has 2 aromatic rings. The minimum Gasteiger partial charge on any atom is -0.267 e. The van der Waals surface area contributed by atoms with E-state index in [1.54, 1.807) is 30.5 Å².